The van der Waals surface area contributed by atoms with Crippen molar-refractivity contribution in [2.45, 2.75) is 0 Å². The van der Waals surface area contributed by atoms with Gasteiger partial charge in [-0.1, -0.05) is 34.9 Å². The third-order valence-corrected chi connectivity index (χ3v) is 1.34. The first-order valence-electron chi connectivity index (χ1n) is 3.40. The lowest BCUT2D eigenvalue weighted by Crippen LogP contribution is -2.34. The Morgan fingerprint density at radius 1 is 1.25 bits per heavy atom. The molecule has 1 rings (SSSR count). The molecule has 0 aromatic heterocycles. The molecule has 3 nitrogen and oxygen atoms in total. The maximum Gasteiger partial charge on any atom is 0.561 e. The fourth-order valence-corrected chi connectivity index (χ4v) is 0.819. The second-order valence-electron chi connectivity index (χ2n) is 2.09. The third-order valence-electron chi connectivity index (χ3n) is 1.34. The van der Waals surface area contributed by atoms with E-state index in [4.69, 9.17) is 0 Å². The van der Waals surface area contributed by atoms with E-state index in [-0.39, 0.29) is 0 Å². The highest BCUT2D eigenvalue weighted by molar-refractivity contribution is 6.60. The molecule has 0 atom stereocenters. The first kappa shape index (κ1) is 9.19. The van der Waals surface area contributed by atoms with E-state index in [1.807, 2.05) is 6.07 Å². The molecular weight excluding hydrogens is 162 g/mol. The van der Waals surface area contributed by atoms with Gasteiger partial charge in [-0.25, -0.2) is 4.86 Å². The molecule has 0 N–H and O–H groups in total. The molecule has 0 heterocycles. The Labute approximate surface area is 70.0 Å². The second kappa shape index (κ2) is 4.87. The fraction of sp³-hybridized carbons (Fsp3) is 0.143. The molecule has 1 aromatic rings. The molecule has 0 amide bonds. The van der Waals surface area contributed by atoms with Crippen molar-refractivity contribution in [1.82, 2.24) is 0 Å². The number of halogens is 1. The van der Waals surface area contributed by atoms with Crippen molar-refractivity contribution in [2.75, 3.05) is 7.11 Å². The van der Waals surface area contributed by atoms with Crippen molar-refractivity contribution in [1.29, 1.82) is 0 Å². The molecule has 0 aliphatic rings. The van der Waals surface area contributed by atoms with Gasteiger partial charge in [0.1, 0.15) is 0 Å². The summed E-state index contributed by atoms with van der Waals surface area (Å²) >= 11 is 0. The van der Waals surface area contributed by atoms with Crippen molar-refractivity contribution in [2.24, 2.45) is 0 Å². The average Bonchev–Trinajstić information content (AvgIpc) is 2.15. The summed E-state index contributed by atoms with van der Waals surface area (Å²) in [5.41, 5.74) is 0.557. The maximum atomic E-state index is 11.8. The number of benzene rings is 1. The van der Waals surface area contributed by atoms with Crippen molar-refractivity contribution in [3.8, 4) is 0 Å². The van der Waals surface area contributed by atoms with Gasteiger partial charge in [0.2, 0.25) is 0 Å². The molecule has 0 fully saturated rings. The Morgan fingerprint density at radius 3 is 2.42 bits per heavy atom. The molecule has 1 aromatic carbocycles. The van der Waals surface area contributed by atoms with E-state index >= 15 is 0 Å². The number of hydrogen-bond acceptors (Lipinski definition) is 3. The predicted molar refractivity (Wildman–Crippen MR) is 42.1 cm³/mol. The summed E-state index contributed by atoms with van der Waals surface area (Å²) in [5.74, 6) is 0. The minimum Gasteiger partial charge on any atom is -0.255 e. The Bertz CT molecular complexity index is 219. The standard InChI is InChI=1S/C7H8BFO3/c1-10-12-8(11-9)7-5-3-2-4-6-7/h2-6H,1H3. The summed E-state index contributed by atoms with van der Waals surface area (Å²) in [6.45, 7) is 0. The van der Waals surface area contributed by atoms with Crippen molar-refractivity contribution < 1.29 is 19.1 Å². The van der Waals surface area contributed by atoms with Crippen LogP contribution in [0.2, 0.25) is 0 Å². The Hall–Kier alpha value is -0.905. The van der Waals surface area contributed by atoms with Gasteiger partial charge in [0.15, 0.2) is 0 Å². The van der Waals surface area contributed by atoms with Gasteiger partial charge in [0.05, 0.1) is 7.11 Å². The molecule has 0 radical (unpaired) electrons. The number of rotatable bonds is 4. The Balaban J connectivity index is 2.66. The van der Waals surface area contributed by atoms with Gasteiger partial charge >= 0.3 is 7.12 Å². The minimum absolute atomic E-state index is 0.557. The summed E-state index contributed by atoms with van der Waals surface area (Å²) in [7, 11) is 0.172. The average molecular weight is 170 g/mol. The van der Waals surface area contributed by atoms with E-state index in [0.29, 0.717) is 5.46 Å². The quantitative estimate of drug-likeness (QED) is 0.381. The summed E-state index contributed by atoms with van der Waals surface area (Å²) in [6.07, 6.45) is 0. The van der Waals surface area contributed by atoms with Crippen LogP contribution in [-0.4, -0.2) is 14.2 Å². The van der Waals surface area contributed by atoms with E-state index in [1.54, 1.807) is 24.3 Å². The largest absolute Gasteiger partial charge is 0.561 e. The van der Waals surface area contributed by atoms with Crippen LogP contribution in [0.1, 0.15) is 0 Å². The molecular formula is C7H8BFO3. The van der Waals surface area contributed by atoms with E-state index in [2.05, 4.69) is 14.6 Å². The highest BCUT2D eigenvalue weighted by atomic mass is 19.3. The van der Waals surface area contributed by atoms with Crippen LogP contribution < -0.4 is 5.46 Å². The van der Waals surface area contributed by atoms with Gasteiger partial charge in [0.25, 0.3) is 0 Å². The van der Waals surface area contributed by atoms with Crippen LogP contribution in [0.25, 0.3) is 0 Å². The van der Waals surface area contributed by atoms with E-state index in [1.165, 1.54) is 7.11 Å². The van der Waals surface area contributed by atoms with E-state index in [9.17, 15) is 4.53 Å². The van der Waals surface area contributed by atoms with Gasteiger partial charge in [-0.15, -0.1) is 0 Å². The molecule has 0 spiro atoms. The molecule has 12 heavy (non-hydrogen) atoms. The molecule has 0 unspecified atom stereocenters. The van der Waals surface area contributed by atoms with Crippen molar-refractivity contribution in [3.05, 3.63) is 30.3 Å². The molecule has 0 bridgehead atoms. The zero-order chi connectivity index (χ0) is 8.81. The summed E-state index contributed by atoms with van der Waals surface area (Å²) in [4.78, 5) is 12.3. The van der Waals surface area contributed by atoms with Crippen LogP contribution in [-0.2, 0) is 14.6 Å². The highest BCUT2D eigenvalue weighted by Gasteiger charge is 2.23. The molecule has 0 saturated carbocycles. The van der Waals surface area contributed by atoms with Crippen molar-refractivity contribution >= 4 is 12.6 Å². The van der Waals surface area contributed by atoms with Crippen LogP contribution in [0.5, 0.6) is 0 Å². The highest BCUT2D eigenvalue weighted by Crippen LogP contribution is 1.93. The minimum atomic E-state index is -1.11. The predicted octanol–water partition coefficient (Wildman–Crippen LogP) is 0.861. The lowest BCUT2D eigenvalue weighted by atomic mass is 9.80. The molecule has 0 aliphatic heterocycles. The smallest absolute Gasteiger partial charge is 0.255 e. The van der Waals surface area contributed by atoms with Crippen molar-refractivity contribution in [3.63, 3.8) is 0 Å². The zero-order valence-electron chi connectivity index (χ0n) is 6.57. The van der Waals surface area contributed by atoms with E-state index < -0.39 is 7.12 Å². The first-order chi connectivity index (χ1) is 5.88. The van der Waals surface area contributed by atoms with Gasteiger partial charge in [-0.2, -0.15) is 0 Å². The maximum absolute atomic E-state index is 11.8. The molecule has 0 aliphatic carbocycles. The fourth-order valence-electron chi connectivity index (χ4n) is 0.819. The Kier molecular flexibility index (Phi) is 3.73. The Morgan fingerprint density at radius 2 is 1.92 bits per heavy atom. The summed E-state index contributed by atoms with van der Waals surface area (Å²) < 4.78 is 11.8. The summed E-state index contributed by atoms with van der Waals surface area (Å²) in [5, 5.41) is 0. The van der Waals surface area contributed by atoms with Crippen LogP contribution in [0, 0.1) is 0 Å². The topological polar surface area (TPSA) is 27.7 Å². The van der Waals surface area contributed by atoms with Crippen LogP contribution in [0.4, 0.5) is 4.53 Å². The van der Waals surface area contributed by atoms with Gasteiger partial charge in [-0.3, -0.25) is 9.69 Å². The lowest BCUT2D eigenvalue weighted by Gasteiger charge is -2.04. The first-order valence-corrected chi connectivity index (χ1v) is 3.40. The zero-order valence-corrected chi connectivity index (χ0v) is 6.57. The monoisotopic (exact) mass is 170 g/mol. The molecule has 64 valence electrons. The lowest BCUT2D eigenvalue weighted by molar-refractivity contribution is -0.213. The number of hydrogen-bond donors (Lipinski definition) is 0. The van der Waals surface area contributed by atoms with Gasteiger partial charge in [-0.05, 0) is 5.46 Å². The van der Waals surface area contributed by atoms with Crippen LogP contribution >= 0.6 is 0 Å². The molecule has 5 heteroatoms. The third kappa shape index (κ3) is 2.30. The summed E-state index contributed by atoms with van der Waals surface area (Å²) in [6, 6.07) is 8.65. The van der Waals surface area contributed by atoms with E-state index in [0.717, 1.165) is 0 Å². The van der Waals surface area contributed by atoms with Crippen LogP contribution in [0.15, 0.2) is 30.3 Å². The van der Waals surface area contributed by atoms with Gasteiger partial charge in [0, 0.05) is 0 Å². The molecule has 0 saturated heterocycles. The van der Waals surface area contributed by atoms with Gasteiger partial charge < -0.3 is 0 Å². The normalized spacial score (nSPS) is 9.83. The van der Waals surface area contributed by atoms with Crippen LogP contribution in [0.3, 0.4) is 0 Å². The second-order valence-corrected chi connectivity index (χ2v) is 2.09. The SMILES string of the molecule is COOB(OF)c1ccccc1.